The zero-order valence-electron chi connectivity index (χ0n) is 9.75. The molecule has 1 aromatic rings. The molecule has 0 aromatic carbocycles. The second-order valence-corrected chi connectivity index (χ2v) is 6.57. The smallest absolute Gasteiger partial charge is 0.766 e. The second-order valence-electron chi connectivity index (χ2n) is 2.63. The van der Waals surface area contributed by atoms with Gasteiger partial charge in [-0.2, -0.15) is 0 Å². The fourth-order valence-corrected chi connectivity index (χ4v) is 2.08. The minimum absolute atomic E-state index is 0. The number of hydrogen-bond acceptors (Lipinski definition) is 6. The Bertz CT molecular complexity index is 483. The topological polar surface area (TPSA) is 99.2 Å². The van der Waals surface area contributed by atoms with Gasteiger partial charge >= 0.3 is 59.1 Å². The molecular formula is C7H7ClN2Na2O4S2. The van der Waals surface area contributed by atoms with Crippen LogP contribution in [0.2, 0.25) is 5.15 Å². The van der Waals surface area contributed by atoms with Gasteiger partial charge in [-0.15, -0.1) is 0 Å². The van der Waals surface area contributed by atoms with Gasteiger partial charge in [0, 0.05) is 9.15 Å². The summed E-state index contributed by atoms with van der Waals surface area (Å²) in [6, 6.07) is 2.98. The molecule has 1 heterocycles. The number of aromatic nitrogens is 1. The van der Waals surface area contributed by atoms with Crippen molar-refractivity contribution < 1.29 is 76.9 Å². The summed E-state index contributed by atoms with van der Waals surface area (Å²) < 4.78 is 30.8. The third-order valence-electron chi connectivity index (χ3n) is 1.38. The second kappa shape index (κ2) is 9.98. The van der Waals surface area contributed by atoms with Crippen LogP contribution >= 0.6 is 11.6 Å². The Morgan fingerprint density at radius 2 is 2.06 bits per heavy atom. The standard InChI is InChI=1S/C7H8ClN2O4S2.2Na/c8-6-2-1-5(3-9-6)10-7(11)4-15-16(12,13)14;;/h1-3,15H,4H2,(H,10,11)(H,12,13,14);;/q-1;2*+1/p-1. The maximum atomic E-state index is 11.2. The van der Waals surface area contributed by atoms with E-state index in [1.54, 1.807) is 0 Å². The normalized spacial score (nSPS) is 10.1. The molecule has 0 atom stereocenters. The van der Waals surface area contributed by atoms with E-state index in [-0.39, 0.29) is 64.3 Å². The van der Waals surface area contributed by atoms with E-state index in [2.05, 4.69) is 10.3 Å². The van der Waals surface area contributed by atoms with Gasteiger partial charge in [0.15, 0.2) is 0 Å². The van der Waals surface area contributed by atoms with Gasteiger partial charge in [0.25, 0.3) is 0 Å². The third-order valence-corrected chi connectivity index (χ3v) is 3.67. The fourth-order valence-electron chi connectivity index (χ4n) is 0.788. The van der Waals surface area contributed by atoms with E-state index in [0.29, 0.717) is 5.69 Å². The summed E-state index contributed by atoms with van der Waals surface area (Å²) in [5.41, 5.74) is 0.382. The number of amides is 1. The third kappa shape index (κ3) is 10.0. The van der Waals surface area contributed by atoms with Crippen molar-refractivity contribution in [2.45, 2.75) is 0 Å². The van der Waals surface area contributed by atoms with E-state index in [1.807, 2.05) is 0 Å². The van der Waals surface area contributed by atoms with Crippen molar-refractivity contribution >= 4 is 43.1 Å². The maximum absolute atomic E-state index is 11.2. The summed E-state index contributed by atoms with van der Waals surface area (Å²) in [7, 11) is -4.87. The van der Waals surface area contributed by atoms with Crippen molar-refractivity contribution in [3.63, 3.8) is 0 Å². The van der Waals surface area contributed by atoms with E-state index in [0.717, 1.165) is 0 Å². The molecule has 11 heteroatoms. The van der Waals surface area contributed by atoms with Crippen molar-refractivity contribution in [1.29, 1.82) is 0 Å². The molecule has 0 aliphatic heterocycles. The first-order chi connectivity index (χ1) is 7.37. The number of nitrogens with one attached hydrogen (secondary N) is 1. The van der Waals surface area contributed by atoms with Crippen LogP contribution in [0.15, 0.2) is 18.3 Å². The van der Waals surface area contributed by atoms with E-state index in [9.17, 15) is 17.8 Å². The predicted octanol–water partition coefficient (Wildman–Crippen LogP) is -6.04. The number of nitrogens with zero attached hydrogens (tertiary/aromatic N) is 1. The van der Waals surface area contributed by atoms with Crippen molar-refractivity contribution in [3.8, 4) is 0 Å². The molecule has 0 fully saturated rings. The van der Waals surface area contributed by atoms with Crippen LogP contribution in [-0.4, -0.2) is 29.6 Å². The number of hydrogen-bond donors (Lipinski definition) is 1. The summed E-state index contributed by atoms with van der Waals surface area (Å²) in [4.78, 5) is 14.9. The summed E-state index contributed by atoms with van der Waals surface area (Å²) >= 11 is 5.52. The number of rotatable bonds is 4. The molecule has 1 aromatic heterocycles. The van der Waals surface area contributed by atoms with Gasteiger partial charge in [-0.1, -0.05) is 17.4 Å². The molecule has 90 valence electrons. The number of carbonyl (C=O) groups is 1. The summed E-state index contributed by atoms with van der Waals surface area (Å²) in [5, 5.41) is 2.65. The van der Waals surface area contributed by atoms with Gasteiger partial charge in [-0.3, -0.25) is 13.2 Å². The minimum Gasteiger partial charge on any atom is -0.766 e. The first-order valence-corrected chi connectivity index (χ1v) is 7.40. The Hall–Kier alpha value is 1.17. The Kier molecular flexibility index (Phi) is 11.9. The molecule has 0 saturated heterocycles. The number of thiol groups is 1. The average Bonchev–Trinajstić information content (AvgIpc) is 2.18. The monoisotopic (exact) mass is 328 g/mol. The predicted molar refractivity (Wildman–Crippen MR) is 61.2 cm³/mol. The van der Waals surface area contributed by atoms with Crippen LogP contribution in [0, 0.1) is 0 Å². The molecule has 6 nitrogen and oxygen atoms in total. The van der Waals surface area contributed by atoms with E-state index < -0.39 is 31.6 Å². The Labute approximate surface area is 157 Å². The van der Waals surface area contributed by atoms with E-state index >= 15 is 0 Å². The molecule has 0 unspecified atom stereocenters. The zero-order chi connectivity index (χ0) is 12.2. The number of carbonyl (C=O) groups excluding carboxylic acids is 1. The maximum Gasteiger partial charge on any atom is 1.00 e. The molecule has 0 saturated carbocycles. The molecule has 1 amide bonds. The van der Waals surface area contributed by atoms with Crippen LogP contribution in [0.4, 0.5) is 5.69 Å². The quantitative estimate of drug-likeness (QED) is 0.148. The minimum atomic E-state index is -4.39. The number of anilines is 1. The average molecular weight is 329 g/mol. The molecular weight excluding hydrogens is 322 g/mol. The van der Waals surface area contributed by atoms with Crippen molar-refractivity contribution in [2.24, 2.45) is 0 Å². The van der Waals surface area contributed by atoms with E-state index in [4.69, 9.17) is 11.6 Å². The summed E-state index contributed by atoms with van der Waals surface area (Å²) in [5.74, 6) is -0.987. The number of halogens is 1. The zero-order valence-corrected chi connectivity index (χ0v) is 16.2. The molecule has 0 bridgehead atoms. The van der Waals surface area contributed by atoms with Gasteiger partial charge in [0.1, 0.15) is 5.15 Å². The van der Waals surface area contributed by atoms with Gasteiger partial charge in [-0.25, -0.2) is 4.98 Å². The SMILES string of the molecule is O=C(C[SH-]S(=O)(=O)[O-])Nc1ccc(Cl)nc1.[Na+].[Na+]. The molecule has 0 spiro atoms. The van der Waals surface area contributed by atoms with Crippen molar-refractivity contribution in [3.05, 3.63) is 23.5 Å². The van der Waals surface area contributed by atoms with E-state index in [1.165, 1.54) is 18.3 Å². The van der Waals surface area contributed by atoms with Gasteiger partial charge in [0.05, 0.1) is 11.9 Å². The molecule has 1 N–H and O–H groups in total. The molecule has 18 heavy (non-hydrogen) atoms. The Morgan fingerprint density at radius 1 is 1.44 bits per heavy atom. The van der Waals surface area contributed by atoms with Crippen molar-refractivity contribution in [1.82, 2.24) is 4.98 Å². The number of pyridine rings is 1. The first kappa shape index (κ1) is 21.5. The van der Waals surface area contributed by atoms with Crippen LogP contribution in [-0.2, 0) is 24.7 Å². The van der Waals surface area contributed by atoms with Gasteiger partial charge in [0.2, 0.25) is 5.91 Å². The van der Waals surface area contributed by atoms with Crippen molar-refractivity contribution in [2.75, 3.05) is 11.1 Å². The van der Waals surface area contributed by atoms with Gasteiger partial charge < -0.3 is 20.7 Å². The first-order valence-electron chi connectivity index (χ1n) is 3.93. The molecule has 0 aliphatic carbocycles. The van der Waals surface area contributed by atoms with Crippen LogP contribution in [0.1, 0.15) is 0 Å². The molecule has 0 radical (unpaired) electrons. The van der Waals surface area contributed by atoms with Crippen LogP contribution in [0.3, 0.4) is 0 Å². The molecule has 1 rings (SSSR count). The largest absolute Gasteiger partial charge is 1.00 e. The van der Waals surface area contributed by atoms with Gasteiger partial charge in [-0.05, 0) is 12.1 Å². The molecule has 0 aliphatic rings. The Morgan fingerprint density at radius 3 is 2.50 bits per heavy atom. The van der Waals surface area contributed by atoms with Crippen LogP contribution in [0.25, 0.3) is 0 Å². The van der Waals surface area contributed by atoms with Crippen LogP contribution in [0.5, 0.6) is 0 Å². The Balaban J connectivity index is 0. The summed E-state index contributed by atoms with van der Waals surface area (Å²) in [6.07, 6.45) is 1.32. The summed E-state index contributed by atoms with van der Waals surface area (Å²) in [6.45, 7) is 0. The van der Waals surface area contributed by atoms with Crippen LogP contribution < -0.4 is 64.4 Å². The fraction of sp³-hybridized carbons (Fsp3) is 0.143.